The summed E-state index contributed by atoms with van der Waals surface area (Å²) in [4.78, 5) is 0. The largest absolute Gasteiger partial charge is 0.457 e. The number of rotatable bonds is 3. The number of nitrogens with one attached hydrogen (secondary N) is 2. The maximum Gasteiger partial charge on any atom is 0.152 e. The van der Waals surface area contributed by atoms with E-state index in [1.54, 1.807) is 12.3 Å². The number of fused-ring (bicyclic) bond motifs is 1. The van der Waals surface area contributed by atoms with E-state index >= 15 is 0 Å². The van der Waals surface area contributed by atoms with Gasteiger partial charge in [0, 0.05) is 10.9 Å². The van der Waals surface area contributed by atoms with E-state index in [0.717, 1.165) is 10.9 Å². The van der Waals surface area contributed by atoms with E-state index in [-0.39, 0.29) is 6.04 Å². The minimum Gasteiger partial charge on any atom is -0.457 e. The number of hydrazine groups is 1. The van der Waals surface area contributed by atoms with Gasteiger partial charge in [-0.25, -0.2) is 5.43 Å². The van der Waals surface area contributed by atoms with Gasteiger partial charge < -0.3 is 10.2 Å². The molecule has 0 saturated heterocycles. The third kappa shape index (κ3) is 1.95. The molecule has 6 N–H and O–H groups in total. The second-order valence-corrected chi connectivity index (χ2v) is 4.55. The molecule has 2 aromatic heterocycles. The van der Waals surface area contributed by atoms with Crippen LogP contribution in [-0.4, -0.2) is 10.2 Å². The van der Waals surface area contributed by atoms with E-state index in [1.165, 1.54) is 0 Å². The molecule has 0 aliphatic carbocycles. The van der Waals surface area contributed by atoms with Crippen molar-refractivity contribution in [2.45, 2.75) is 6.04 Å². The van der Waals surface area contributed by atoms with Crippen LogP contribution in [0.2, 0.25) is 5.02 Å². The highest BCUT2D eigenvalue weighted by Crippen LogP contribution is 2.32. The number of hydrogen-bond acceptors (Lipinski definition) is 5. The van der Waals surface area contributed by atoms with E-state index in [4.69, 9.17) is 27.6 Å². The molecule has 1 aromatic carbocycles. The fourth-order valence-corrected chi connectivity index (χ4v) is 2.27. The molecule has 3 rings (SSSR count). The van der Waals surface area contributed by atoms with Crippen molar-refractivity contribution in [1.29, 1.82) is 0 Å². The van der Waals surface area contributed by atoms with Crippen LogP contribution in [0, 0.1) is 0 Å². The SMILES string of the molecule is NNC(c1cc2cccc(Cl)c2o1)c1cn[nH]c1N. The van der Waals surface area contributed by atoms with Gasteiger partial charge in [0.25, 0.3) is 0 Å². The van der Waals surface area contributed by atoms with Crippen LogP contribution in [0.5, 0.6) is 0 Å². The average Bonchev–Trinajstić information content (AvgIpc) is 2.99. The lowest BCUT2D eigenvalue weighted by molar-refractivity contribution is 0.478. The number of benzene rings is 1. The summed E-state index contributed by atoms with van der Waals surface area (Å²) in [5.41, 5.74) is 9.81. The van der Waals surface area contributed by atoms with Crippen LogP contribution in [0.25, 0.3) is 11.0 Å². The van der Waals surface area contributed by atoms with Crippen molar-refractivity contribution < 1.29 is 4.42 Å². The summed E-state index contributed by atoms with van der Waals surface area (Å²) in [6.45, 7) is 0. The molecule has 98 valence electrons. The van der Waals surface area contributed by atoms with Gasteiger partial charge in [-0.05, 0) is 12.1 Å². The molecule has 6 nitrogen and oxygen atoms in total. The molecular formula is C12H12ClN5O. The quantitative estimate of drug-likeness (QED) is 0.432. The fourth-order valence-electron chi connectivity index (χ4n) is 2.05. The second kappa shape index (κ2) is 4.58. The zero-order valence-corrected chi connectivity index (χ0v) is 10.6. The van der Waals surface area contributed by atoms with Crippen molar-refractivity contribution in [3.63, 3.8) is 0 Å². The summed E-state index contributed by atoms with van der Waals surface area (Å²) >= 11 is 6.09. The summed E-state index contributed by atoms with van der Waals surface area (Å²) in [5.74, 6) is 6.65. The Morgan fingerprint density at radius 1 is 1.42 bits per heavy atom. The van der Waals surface area contributed by atoms with Crippen molar-refractivity contribution in [3.05, 3.63) is 46.8 Å². The molecule has 1 atom stereocenters. The summed E-state index contributed by atoms with van der Waals surface area (Å²) < 4.78 is 5.76. The first-order valence-electron chi connectivity index (χ1n) is 5.63. The number of para-hydroxylation sites is 1. The van der Waals surface area contributed by atoms with E-state index in [9.17, 15) is 0 Å². The summed E-state index contributed by atoms with van der Waals surface area (Å²) in [6, 6.07) is 7.04. The third-order valence-corrected chi connectivity index (χ3v) is 3.27. The summed E-state index contributed by atoms with van der Waals surface area (Å²) in [7, 11) is 0. The highest BCUT2D eigenvalue weighted by molar-refractivity contribution is 6.34. The monoisotopic (exact) mass is 277 g/mol. The first-order valence-corrected chi connectivity index (χ1v) is 6.01. The zero-order chi connectivity index (χ0) is 13.4. The number of nitrogens with zero attached hydrogens (tertiary/aromatic N) is 1. The first kappa shape index (κ1) is 12.0. The highest BCUT2D eigenvalue weighted by atomic mass is 35.5. The second-order valence-electron chi connectivity index (χ2n) is 4.15. The predicted molar refractivity (Wildman–Crippen MR) is 73.4 cm³/mol. The van der Waals surface area contributed by atoms with E-state index in [0.29, 0.717) is 22.2 Å². The standard InChI is InChI=1S/C12H12ClN5O/c13-8-3-1-2-6-4-9(19-11(6)8)10(17-15)7-5-16-18-12(7)14/h1-5,10,17H,15H2,(H3,14,16,18). The Labute approximate surface area is 113 Å². The number of furan rings is 1. The van der Waals surface area contributed by atoms with Crippen LogP contribution >= 0.6 is 11.6 Å². The Morgan fingerprint density at radius 3 is 2.89 bits per heavy atom. The van der Waals surface area contributed by atoms with E-state index in [1.807, 2.05) is 18.2 Å². The first-order chi connectivity index (χ1) is 9.20. The predicted octanol–water partition coefficient (Wildman–Crippen LogP) is 1.94. The molecule has 3 aromatic rings. The number of nitrogens with two attached hydrogens (primary N) is 2. The molecule has 0 aliphatic rings. The van der Waals surface area contributed by atoms with Crippen molar-refractivity contribution in [2.75, 3.05) is 5.73 Å². The molecule has 2 heterocycles. The van der Waals surface area contributed by atoms with E-state index < -0.39 is 0 Å². The number of nitrogen functional groups attached to an aromatic ring is 1. The lowest BCUT2D eigenvalue weighted by Gasteiger charge is -2.11. The van der Waals surface area contributed by atoms with Gasteiger partial charge in [0.2, 0.25) is 0 Å². The van der Waals surface area contributed by atoms with Gasteiger partial charge in [0.15, 0.2) is 5.58 Å². The number of H-pyrrole nitrogens is 1. The zero-order valence-electron chi connectivity index (χ0n) is 9.85. The van der Waals surface area contributed by atoms with Crippen molar-refractivity contribution >= 4 is 28.4 Å². The smallest absolute Gasteiger partial charge is 0.152 e. The van der Waals surface area contributed by atoms with Crippen molar-refractivity contribution in [1.82, 2.24) is 15.6 Å². The van der Waals surface area contributed by atoms with Crippen LogP contribution in [0.4, 0.5) is 5.82 Å². The molecule has 0 saturated carbocycles. The molecule has 19 heavy (non-hydrogen) atoms. The van der Waals surface area contributed by atoms with Crippen LogP contribution in [0.3, 0.4) is 0 Å². The number of aromatic amines is 1. The Morgan fingerprint density at radius 2 is 2.26 bits per heavy atom. The average molecular weight is 278 g/mol. The Bertz CT molecular complexity index is 720. The van der Waals surface area contributed by atoms with Crippen LogP contribution in [0.15, 0.2) is 34.9 Å². The topological polar surface area (TPSA) is 106 Å². The summed E-state index contributed by atoms with van der Waals surface area (Å²) in [6.07, 6.45) is 1.61. The normalized spacial score (nSPS) is 12.9. The lowest BCUT2D eigenvalue weighted by atomic mass is 10.1. The van der Waals surface area contributed by atoms with E-state index in [2.05, 4.69) is 15.6 Å². The Hall–Kier alpha value is -2.02. The maximum atomic E-state index is 6.09. The van der Waals surface area contributed by atoms with Gasteiger partial charge in [-0.1, -0.05) is 23.7 Å². The molecule has 0 amide bonds. The minimum atomic E-state index is -0.387. The lowest BCUT2D eigenvalue weighted by Crippen LogP contribution is -2.28. The van der Waals surface area contributed by atoms with Gasteiger partial charge in [-0.15, -0.1) is 0 Å². The molecule has 0 bridgehead atoms. The summed E-state index contributed by atoms with van der Waals surface area (Å²) in [5, 5.41) is 8.00. The van der Waals surface area contributed by atoms with Gasteiger partial charge in [0.05, 0.1) is 11.2 Å². The van der Waals surface area contributed by atoms with Crippen molar-refractivity contribution in [3.8, 4) is 0 Å². The Kier molecular flexibility index (Phi) is 2.90. The molecule has 0 fully saturated rings. The van der Waals surface area contributed by atoms with Crippen LogP contribution < -0.4 is 17.0 Å². The minimum absolute atomic E-state index is 0.387. The van der Waals surface area contributed by atoms with Gasteiger partial charge in [0.1, 0.15) is 17.6 Å². The molecule has 0 radical (unpaired) electrons. The number of aromatic nitrogens is 2. The molecule has 0 spiro atoms. The van der Waals surface area contributed by atoms with Crippen molar-refractivity contribution in [2.24, 2.45) is 5.84 Å². The number of hydrogen-bond donors (Lipinski definition) is 4. The van der Waals surface area contributed by atoms with Crippen LogP contribution in [-0.2, 0) is 0 Å². The van der Waals surface area contributed by atoms with Crippen LogP contribution in [0.1, 0.15) is 17.4 Å². The molecular weight excluding hydrogens is 266 g/mol. The van der Waals surface area contributed by atoms with Gasteiger partial charge in [-0.2, -0.15) is 5.10 Å². The number of halogens is 1. The van der Waals surface area contributed by atoms with Gasteiger partial charge in [-0.3, -0.25) is 10.9 Å². The Balaban J connectivity index is 2.12. The third-order valence-electron chi connectivity index (χ3n) is 2.98. The highest BCUT2D eigenvalue weighted by Gasteiger charge is 2.21. The molecule has 1 unspecified atom stereocenters. The number of anilines is 1. The maximum absolute atomic E-state index is 6.09. The fraction of sp³-hybridized carbons (Fsp3) is 0.0833. The molecule has 0 aliphatic heterocycles. The molecule has 7 heteroatoms. The van der Waals surface area contributed by atoms with Gasteiger partial charge >= 0.3 is 0 Å².